The van der Waals surface area contributed by atoms with Crippen LogP contribution >= 0.6 is 0 Å². The number of anilines is 1. The van der Waals surface area contributed by atoms with Gasteiger partial charge in [-0.2, -0.15) is 0 Å². The summed E-state index contributed by atoms with van der Waals surface area (Å²) in [5.41, 5.74) is 1.41. The number of nitrogens with two attached hydrogens (primary N) is 1. The predicted molar refractivity (Wildman–Crippen MR) is 74.4 cm³/mol. The largest absolute Gasteiger partial charge is 0.393 e. The third kappa shape index (κ3) is 3.68. The SMILES string of the molecule is Cc1ccc(NC2CCC(O)CC2)cc1S(N)(=O)=O. The zero-order chi connectivity index (χ0) is 14.0. The van der Waals surface area contributed by atoms with Crippen molar-refractivity contribution in [1.82, 2.24) is 0 Å². The minimum atomic E-state index is -3.69. The molecule has 5 nitrogen and oxygen atoms in total. The molecule has 2 rings (SSSR count). The molecular formula is C13H20N2O3S. The van der Waals surface area contributed by atoms with E-state index >= 15 is 0 Å². The highest BCUT2D eigenvalue weighted by Gasteiger charge is 2.20. The molecule has 0 aromatic heterocycles. The maximum absolute atomic E-state index is 11.5. The molecule has 0 unspecified atom stereocenters. The van der Waals surface area contributed by atoms with Crippen LogP contribution in [0.4, 0.5) is 5.69 Å². The van der Waals surface area contributed by atoms with Crippen LogP contribution in [0.1, 0.15) is 31.2 Å². The summed E-state index contributed by atoms with van der Waals surface area (Å²) in [6, 6.07) is 5.46. The molecule has 106 valence electrons. The minimum Gasteiger partial charge on any atom is -0.393 e. The van der Waals surface area contributed by atoms with Crippen LogP contribution in [0.3, 0.4) is 0 Å². The molecule has 0 radical (unpaired) electrons. The zero-order valence-electron chi connectivity index (χ0n) is 11.0. The van der Waals surface area contributed by atoms with E-state index in [9.17, 15) is 13.5 Å². The normalized spacial score (nSPS) is 24.2. The Balaban J connectivity index is 2.14. The summed E-state index contributed by atoms with van der Waals surface area (Å²) in [7, 11) is -3.69. The summed E-state index contributed by atoms with van der Waals surface area (Å²) in [6.07, 6.45) is 3.15. The number of aliphatic hydroxyl groups excluding tert-OH is 1. The Kier molecular flexibility index (Phi) is 4.13. The van der Waals surface area contributed by atoms with Crippen molar-refractivity contribution in [2.75, 3.05) is 5.32 Å². The molecule has 1 aliphatic rings. The molecule has 1 fully saturated rings. The number of primary sulfonamides is 1. The summed E-state index contributed by atoms with van der Waals surface area (Å²) >= 11 is 0. The molecule has 0 bridgehead atoms. The van der Waals surface area contributed by atoms with Gasteiger partial charge in [0, 0.05) is 11.7 Å². The summed E-state index contributed by atoms with van der Waals surface area (Å²) in [6.45, 7) is 1.72. The lowest BCUT2D eigenvalue weighted by molar-refractivity contribution is 0.126. The van der Waals surface area contributed by atoms with Gasteiger partial charge in [0.05, 0.1) is 11.0 Å². The molecule has 0 heterocycles. The van der Waals surface area contributed by atoms with Gasteiger partial charge in [-0.05, 0) is 50.3 Å². The number of hydrogen-bond donors (Lipinski definition) is 3. The molecule has 1 aromatic carbocycles. The fourth-order valence-corrected chi connectivity index (χ4v) is 3.26. The van der Waals surface area contributed by atoms with Gasteiger partial charge in [-0.3, -0.25) is 0 Å². The highest BCUT2D eigenvalue weighted by molar-refractivity contribution is 7.89. The Morgan fingerprint density at radius 1 is 1.26 bits per heavy atom. The standard InChI is InChI=1S/C13H20N2O3S/c1-9-2-3-11(8-13(9)19(14,17)18)15-10-4-6-12(16)7-5-10/h2-3,8,10,12,15-16H,4-7H2,1H3,(H2,14,17,18). The van der Waals surface area contributed by atoms with Crippen molar-refractivity contribution in [3.63, 3.8) is 0 Å². The summed E-state index contributed by atoms with van der Waals surface area (Å²) in [5, 5.41) is 18.0. The highest BCUT2D eigenvalue weighted by atomic mass is 32.2. The summed E-state index contributed by atoms with van der Waals surface area (Å²) in [5.74, 6) is 0. The van der Waals surface area contributed by atoms with Crippen LogP contribution in [0, 0.1) is 6.92 Å². The predicted octanol–water partition coefficient (Wildman–Crippen LogP) is 1.36. The number of rotatable bonds is 3. The van der Waals surface area contributed by atoms with Gasteiger partial charge in [0.1, 0.15) is 0 Å². The van der Waals surface area contributed by atoms with E-state index in [1.165, 1.54) is 0 Å². The Hall–Kier alpha value is -1.11. The molecule has 19 heavy (non-hydrogen) atoms. The average Bonchev–Trinajstić information content (AvgIpc) is 2.33. The molecule has 0 atom stereocenters. The van der Waals surface area contributed by atoms with E-state index in [0.717, 1.165) is 31.4 Å². The second-order valence-electron chi connectivity index (χ2n) is 5.18. The van der Waals surface area contributed by atoms with Crippen molar-refractivity contribution in [2.45, 2.75) is 49.6 Å². The Labute approximate surface area is 113 Å². The van der Waals surface area contributed by atoms with Gasteiger partial charge in [0.25, 0.3) is 0 Å². The van der Waals surface area contributed by atoms with E-state index in [0.29, 0.717) is 5.56 Å². The molecule has 0 amide bonds. The monoisotopic (exact) mass is 284 g/mol. The van der Waals surface area contributed by atoms with Crippen LogP contribution in [0.5, 0.6) is 0 Å². The maximum Gasteiger partial charge on any atom is 0.238 e. The number of sulfonamides is 1. The van der Waals surface area contributed by atoms with Crippen molar-refractivity contribution < 1.29 is 13.5 Å². The third-order valence-electron chi connectivity index (χ3n) is 3.56. The molecular weight excluding hydrogens is 264 g/mol. The molecule has 0 saturated heterocycles. The molecule has 4 N–H and O–H groups in total. The number of aliphatic hydroxyl groups is 1. The third-order valence-corrected chi connectivity index (χ3v) is 4.62. The minimum absolute atomic E-state index is 0.161. The number of hydrogen-bond acceptors (Lipinski definition) is 4. The van der Waals surface area contributed by atoms with Gasteiger partial charge in [-0.15, -0.1) is 0 Å². The topological polar surface area (TPSA) is 92.4 Å². The Morgan fingerprint density at radius 3 is 2.47 bits per heavy atom. The van der Waals surface area contributed by atoms with Crippen molar-refractivity contribution in [3.05, 3.63) is 23.8 Å². The zero-order valence-corrected chi connectivity index (χ0v) is 11.8. The Bertz CT molecular complexity index is 549. The van der Waals surface area contributed by atoms with Gasteiger partial charge in [-0.1, -0.05) is 6.07 Å². The van der Waals surface area contributed by atoms with Crippen LogP contribution in [-0.2, 0) is 10.0 Å². The fraction of sp³-hybridized carbons (Fsp3) is 0.538. The van der Waals surface area contributed by atoms with Gasteiger partial charge in [0.15, 0.2) is 0 Å². The van der Waals surface area contributed by atoms with E-state index in [4.69, 9.17) is 5.14 Å². The lowest BCUT2D eigenvalue weighted by Gasteiger charge is -2.27. The lowest BCUT2D eigenvalue weighted by atomic mass is 9.93. The average molecular weight is 284 g/mol. The maximum atomic E-state index is 11.5. The molecule has 0 aliphatic heterocycles. The van der Waals surface area contributed by atoms with Crippen LogP contribution in [0.15, 0.2) is 23.1 Å². The van der Waals surface area contributed by atoms with E-state index < -0.39 is 10.0 Å². The number of aryl methyl sites for hydroxylation is 1. The Morgan fingerprint density at radius 2 is 1.89 bits per heavy atom. The van der Waals surface area contributed by atoms with Crippen molar-refractivity contribution >= 4 is 15.7 Å². The number of nitrogens with one attached hydrogen (secondary N) is 1. The van der Waals surface area contributed by atoms with Crippen molar-refractivity contribution in [3.8, 4) is 0 Å². The van der Waals surface area contributed by atoms with E-state index in [-0.39, 0.29) is 17.0 Å². The first-order valence-corrected chi connectivity index (χ1v) is 7.99. The van der Waals surface area contributed by atoms with E-state index in [1.807, 2.05) is 6.07 Å². The molecule has 1 aromatic rings. The van der Waals surface area contributed by atoms with Crippen molar-refractivity contribution in [1.29, 1.82) is 0 Å². The van der Waals surface area contributed by atoms with Gasteiger partial charge < -0.3 is 10.4 Å². The highest BCUT2D eigenvalue weighted by Crippen LogP contribution is 2.24. The first-order chi connectivity index (χ1) is 8.86. The molecule has 1 aliphatic carbocycles. The summed E-state index contributed by atoms with van der Waals surface area (Å²) < 4.78 is 22.9. The second-order valence-corrected chi connectivity index (χ2v) is 6.70. The van der Waals surface area contributed by atoms with E-state index in [1.54, 1.807) is 19.1 Å². The van der Waals surface area contributed by atoms with Gasteiger partial charge >= 0.3 is 0 Å². The smallest absolute Gasteiger partial charge is 0.238 e. The van der Waals surface area contributed by atoms with Gasteiger partial charge in [0.2, 0.25) is 10.0 Å². The summed E-state index contributed by atoms with van der Waals surface area (Å²) in [4.78, 5) is 0.161. The lowest BCUT2D eigenvalue weighted by Crippen LogP contribution is -2.28. The molecule has 0 spiro atoms. The molecule has 1 saturated carbocycles. The second kappa shape index (κ2) is 5.48. The van der Waals surface area contributed by atoms with Crippen LogP contribution in [-0.4, -0.2) is 25.7 Å². The van der Waals surface area contributed by atoms with Crippen LogP contribution in [0.2, 0.25) is 0 Å². The number of benzene rings is 1. The van der Waals surface area contributed by atoms with Crippen LogP contribution in [0.25, 0.3) is 0 Å². The van der Waals surface area contributed by atoms with E-state index in [2.05, 4.69) is 5.32 Å². The van der Waals surface area contributed by atoms with Gasteiger partial charge in [-0.25, -0.2) is 13.6 Å². The molecule has 6 heteroatoms. The van der Waals surface area contributed by atoms with Crippen molar-refractivity contribution in [2.24, 2.45) is 5.14 Å². The first-order valence-electron chi connectivity index (χ1n) is 6.44. The first kappa shape index (κ1) is 14.3. The fourth-order valence-electron chi connectivity index (χ4n) is 2.45. The quantitative estimate of drug-likeness (QED) is 0.781. The van der Waals surface area contributed by atoms with Crippen LogP contribution < -0.4 is 10.5 Å².